The number of rotatable bonds is 4. The number of hydrogen-bond acceptors (Lipinski definition) is 3. The van der Waals surface area contributed by atoms with Crippen molar-refractivity contribution in [3.63, 3.8) is 0 Å². The molecule has 1 atom stereocenters. The smallest absolute Gasteiger partial charge is 0.239 e. The third-order valence-corrected chi connectivity index (χ3v) is 3.94. The number of carbonyl (C=O) groups excluding carboxylic acids is 1. The van der Waals surface area contributed by atoms with Gasteiger partial charge >= 0.3 is 0 Å². The van der Waals surface area contributed by atoms with Crippen molar-refractivity contribution in [2.24, 2.45) is 11.7 Å². The normalized spacial score (nSPS) is 16.6. The van der Waals surface area contributed by atoms with Crippen molar-refractivity contribution in [2.75, 3.05) is 26.2 Å². The van der Waals surface area contributed by atoms with Crippen molar-refractivity contribution >= 4 is 30.7 Å². The number of piperazine rings is 1. The van der Waals surface area contributed by atoms with Crippen molar-refractivity contribution < 1.29 is 4.79 Å². The second-order valence-corrected chi connectivity index (χ2v) is 5.86. The molecule has 0 saturated carbocycles. The lowest BCUT2D eigenvalue weighted by Gasteiger charge is -2.36. The maximum atomic E-state index is 12.2. The van der Waals surface area contributed by atoms with Crippen LogP contribution in [0.15, 0.2) is 30.3 Å². The fourth-order valence-corrected chi connectivity index (χ4v) is 2.46. The highest BCUT2D eigenvalue weighted by molar-refractivity contribution is 5.85. The van der Waals surface area contributed by atoms with Crippen LogP contribution in [0.3, 0.4) is 0 Å². The molecule has 1 aromatic rings. The second kappa shape index (κ2) is 10.1. The minimum absolute atomic E-state index is 0. The Balaban J connectivity index is 0.00000220. The Bertz CT molecular complexity index is 434. The summed E-state index contributed by atoms with van der Waals surface area (Å²) >= 11 is 0. The third-order valence-electron chi connectivity index (χ3n) is 3.94. The minimum Gasteiger partial charge on any atom is -0.339 e. The number of carbonyl (C=O) groups is 1. The van der Waals surface area contributed by atoms with Crippen molar-refractivity contribution in [3.8, 4) is 0 Å². The monoisotopic (exact) mass is 347 g/mol. The molecular weight excluding hydrogens is 321 g/mol. The van der Waals surface area contributed by atoms with E-state index >= 15 is 0 Å². The fraction of sp³-hybridized carbons (Fsp3) is 0.562. The molecule has 0 spiro atoms. The van der Waals surface area contributed by atoms with E-state index in [-0.39, 0.29) is 42.7 Å². The zero-order valence-electron chi connectivity index (χ0n) is 13.3. The molecule has 2 N–H and O–H groups in total. The summed E-state index contributed by atoms with van der Waals surface area (Å²) in [7, 11) is 0. The van der Waals surface area contributed by atoms with E-state index in [9.17, 15) is 4.79 Å². The van der Waals surface area contributed by atoms with Crippen LogP contribution in [0.2, 0.25) is 0 Å². The van der Waals surface area contributed by atoms with Crippen LogP contribution in [0, 0.1) is 5.92 Å². The Morgan fingerprint density at radius 2 is 1.64 bits per heavy atom. The van der Waals surface area contributed by atoms with Crippen LogP contribution < -0.4 is 5.73 Å². The average molecular weight is 348 g/mol. The van der Waals surface area contributed by atoms with Crippen molar-refractivity contribution in [2.45, 2.75) is 26.4 Å². The van der Waals surface area contributed by atoms with Crippen molar-refractivity contribution in [3.05, 3.63) is 35.9 Å². The molecule has 1 aliphatic rings. The first-order valence-corrected chi connectivity index (χ1v) is 7.38. The number of nitrogens with two attached hydrogens (primary N) is 1. The van der Waals surface area contributed by atoms with Gasteiger partial charge < -0.3 is 10.6 Å². The molecule has 0 aromatic heterocycles. The van der Waals surface area contributed by atoms with E-state index < -0.39 is 0 Å². The van der Waals surface area contributed by atoms with E-state index in [2.05, 4.69) is 29.2 Å². The number of amides is 1. The van der Waals surface area contributed by atoms with Crippen LogP contribution in [0.4, 0.5) is 0 Å². The van der Waals surface area contributed by atoms with Crippen LogP contribution in [0.5, 0.6) is 0 Å². The minimum atomic E-state index is -0.365. The molecule has 1 aromatic carbocycles. The van der Waals surface area contributed by atoms with Gasteiger partial charge in [-0.25, -0.2) is 0 Å². The Hall–Kier alpha value is -0.810. The highest BCUT2D eigenvalue weighted by Gasteiger charge is 2.26. The maximum Gasteiger partial charge on any atom is 0.239 e. The third kappa shape index (κ3) is 5.76. The van der Waals surface area contributed by atoms with Crippen molar-refractivity contribution in [1.29, 1.82) is 0 Å². The fourth-order valence-electron chi connectivity index (χ4n) is 2.46. The van der Waals surface area contributed by atoms with E-state index in [0.29, 0.717) is 0 Å². The molecule has 0 aliphatic carbocycles. The molecule has 1 heterocycles. The highest BCUT2D eigenvalue weighted by Crippen LogP contribution is 2.10. The zero-order chi connectivity index (χ0) is 14.5. The number of hydrogen-bond donors (Lipinski definition) is 1. The summed E-state index contributed by atoms with van der Waals surface area (Å²) in [6, 6.07) is 10.1. The van der Waals surface area contributed by atoms with Gasteiger partial charge in [0.15, 0.2) is 0 Å². The Kier molecular flexibility index (Phi) is 9.69. The topological polar surface area (TPSA) is 49.6 Å². The lowest BCUT2D eigenvalue weighted by molar-refractivity contribution is -0.135. The maximum absolute atomic E-state index is 12.2. The Labute approximate surface area is 145 Å². The molecule has 6 heteroatoms. The second-order valence-electron chi connectivity index (χ2n) is 5.86. The molecule has 4 nitrogen and oxygen atoms in total. The quantitative estimate of drug-likeness (QED) is 0.907. The van der Waals surface area contributed by atoms with E-state index in [4.69, 9.17) is 5.73 Å². The first-order valence-electron chi connectivity index (χ1n) is 7.38. The van der Waals surface area contributed by atoms with Gasteiger partial charge in [0.2, 0.25) is 5.91 Å². The van der Waals surface area contributed by atoms with Gasteiger partial charge in [-0.3, -0.25) is 9.69 Å². The van der Waals surface area contributed by atoms with Crippen molar-refractivity contribution in [1.82, 2.24) is 9.80 Å². The molecule has 1 amide bonds. The average Bonchev–Trinajstić information content (AvgIpc) is 2.47. The van der Waals surface area contributed by atoms with Gasteiger partial charge in [0.25, 0.3) is 0 Å². The lowest BCUT2D eigenvalue weighted by Crippen LogP contribution is -2.54. The molecular formula is C16H27Cl2N3O. The molecule has 0 unspecified atom stereocenters. The SMILES string of the molecule is CC(C)[C@@H](N)C(=O)N1CCN(Cc2ccccc2)CC1.Cl.Cl. The number of benzene rings is 1. The summed E-state index contributed by atoms with van der Waals surface area (Å²) < 4.78 is 0. The molecule has 0 bridgehead atoms. The highest BCUT2D eigenvalue weighted by atomic mass is 35.5. The first kappa shape index (κ1) is 21.2. The van der Waals surface area contributed by atoms with Crippen LogP contribution in [0.1, 0.15) is 19.4 Å². The molecule has 1 aliphatic heterocycles. The molecule has 22 heavy (non-hydrogen) atoms. The van der Waals surface area contributed by atoms with E-state index in [1.165, 1.54) is 5.56 Å². The first-order chi connectivity index (χ1) is 9.58. The van der Waals surface area contributed by atoms with Crippen LogP contribution >= 0.6 is 24.8 Å². The summed E-state index contributed by atoms with van der Waals surface area (Å²) in [5.74, 6) is 0.296. The van der Waals surface area contributed by atoms with Gasteiger partial charge in [-0.05, 0) is 11.5 Å². The molecule has 126 valence electrons. The summed E-state index contributed by atoms with van der Waals surface area (Å²) in [6.07, 6.45) is 0. The Morgan fingerprint density at radius 1 is 1.09 bits per heavy atom. The van der Waals surface area contributed by atoms with Gasteiger partial charge in [0, 0.05) is 32.7 Å². The van der Waals surface area contributed by atoms with Gasteiger partial charge in [0.05, 0.1) is 6.04 Å². The molecule has 0 radical (unpaired) electrons. The summed E-state index contributed by atoms with van der Waals surface area (Å²) in [5.41, 5.74) is 7.27. The van der Waals surface area contributed by atoms with Gasteiger partial charge in [-0.1, -0.05) is 44.2 Å². The largest absolute Gasteiger partial charge is 0.339 e. The summed E-state index contributed by atoms with van der Waals surface area (Å²) in [6.45, 7) is 8.36. The molecule has 1 saturated heterocycles. The number of halogens is 2. The van der Waals surface area contributed by atoms with Gasteiger partial charge in [-0.2, -0.15) is 0 Å². The zero-order valence-corrected chi connectivity index (χ0v) is 14.9. The van der Waals surface area contributed by atoms with Gasteiger partial charge in [-0.15, -0.1) is 24.8 Å². The number of nitrogens with zero attached hydrogens (tertiary/aromatic N) is 2. The standard InChI is InChI=1S/C16H25N3O.2ClH/c1-13(2)15(17)16(20)19-10-8-18(9-11-19)12-14-6-4-3-5-7-14;;/h3-7,13,15H,8-12,17H2,1-2H3;2*1H/t15-;;/m1../s1. The van der Waals surface area contributed by atoms with E-state index in [0.717, 1.165) is 32.7 Å². The van der Waals surface area contributed by atoms with Gasteiger partial charge in [0.1, 0.15) is 0 Å². The van der Waals surface area contributed by atoms with E-state index in [1.807, 2.05) is 24.8 Å². The Morgan fingerprint density at radius 3 is 2.14 bits per heavy atom. The summed E-state index contributed by atoms with van der Waals surface area (Å²) in [4.78, 5) is 16.5. The predicted octanol–water partition coefficient (Wildman–Crippen LogP) is 2.16. The van der Waals surface area contributed by atoms with E-state index in [1.54, 1.807) is 0 Å². The predicted molar refractivity (Wildman–Crippen MR) is 95.6 cm³/mol. The summed E-state index contributed by atoms with van der Waals surface area (Å²) in [5, 5.41) is 0. The van der Waals surface area contributed by atoms with Crippen LogP contribution in [-0.4, -0.2) is 47.9 Å². The van der Waals surface area contributed by atoms with Crippen LogP contribution in [0.25, 0.3) is 0 Å². The molecule has 1 fully saturated rings. The van der Waals surface area contributed by atoms with Crippen LogP contribution in [-0.2, 0) is 11.3 Å². The lowest BCUT2D eigenvalue weighted by atomic mass is 10.0. The molecule has 2 rings (SSSR count).